The van der Waals surface area contributed by atoms with E-state index >= 15 is 0 Å². The van der Waals surface area contributed by atoms with Crippen molar-refractivity contribution >= 4 is 23.5 Å². The zero-order valence-corrected chi connectivity index (χ0v) is 17.2. The third-order valence-corrected chi connectivity index (χ3v) is 5.30. The van der Waals surface area contributed by atoms with Gasteiger partial charge in [0.1, 0.15) is 0 Å². The van der Waals surface area contributed by atoms with Crippen molar-refractivity contribution in [1.29, 1.82) is 0 Å². The molecule has 0 bridgehead atoms. The molecule has 28 heavy (non-hydrogen) atoms. The second-order valence-corrected chi connectivity index (χ2v) is 7.44. The van der Waals surface area contributed by atoms with Crippen molar-refractivity contribution in [3.63, 3.8) is 0 Å². The van der Waals surface area contributed by atoms with Crippen LogP contribution in [0.5, 0.6) is 0 Å². The van der Waals surface area contributed by atoms with Gasteiger partial charge in [0.05, 0.1) is 12.7 Å². The van der Waals surface area contributed by atoms with Crippen molar-refractivity contribution in [3.05, 3.63) is 29.8 Å². The van der Waals surface area contributed by atoms with E-state index in [4.69, 9.17) is 4.74 Å². The largest absolute Gasteiger partial charge is 0.465 e. The Hall–Kier alpha value is -2.37. The molecule has 0 unspecified atom stereocenters. The molecule has 154 valence electrons. The highest BCUT2D eigenvalue weighted by Gasteiger charge is 2.31. The Morgan fingerprint density at radius 2 is 1.64 bits per heavy atom. The van der Waals surface area contributed by atoms with E-state index in [2.05, 4.69) is 19.2 Å². The van der Waals surface area contributed by atoms with Gasteiger partial charge in [-0.2, -0.15) is 0 Å². The van der Waals surface area contributed by atoms with E-state index in [1.54, 1.807) is 24.3 Å². The van der Waals surface area contributed by atoms with Crippen molar-refractivity contribution in [2.45, 2.75) is 52.4 Å². The number of hydrogen-bond acceptors (Lipinski definition) is 4. The summed E-state index contributed by atoms with van der Waals surface area (Å²) in [6.07, 6.45) is 4.87. The van der Waals surface area contributed by atoms with Crippen LogP contribution in [0.15, 0.2) is 24.3 Å². The predicted octanol–water partition coefficient (Wildman–Crippen LogP) is 3.87. The van der Waals surface area contributed by atoms with E-state index in [9.17, 15) is 14.4 Å². The van der Waals surface area contributed by atoms with Crippen molar-refractivity contribution in [1.82, 2.24) is 4.90 Å². The molecule has 0 spiro atoms. The Morgan fingerprint density at radius 3 is 2.21 bits per heavy atom. The Kier molecular flexibility index (Phi) is 8.48. The number of anilines is 1. The Bertz CT molecular complexity index is 675. The van der Waals surface area contributed by atoms with Gasteiger partial charge in [0, 0.05) is 30.6 Å². The highest BCUT2D eigenvalue weighted by molar-refractivity contribution is 5.95. The summed E-state index contributed by atoms with van der Waals surface area (Å²) in [4.78, 5) is 39.0. The van der Waals surface area contributed by atoms with Gasteiger partial charge in [0.2, 0.25) is 11.8 Å². The zero-order valence-electron chi connectivity index (χ0n) is 17.2. The van der Waals surface area contributed by atoms with E-state index in [1.807, 2.05) is 4.90 Å². The van der Waals surface area contributed by atoms with Crippen LogP contribution in [0, 0.1) is 11.8 Å². The van der Waals surface area contributed by atoms with Crippen molar-refractivity contribution in [3.8, 4) is 0 Å². The highest BCUT2D eigenvalue weighted by Crippen LogP contribution is 2.31. The number of amides is 2. The number of rotatable bonds is 8. The number of methoxy groups -OCH3 is 1. The molecule has 1 aliphatic rings. The van der Waals surface area contributed by atoms with Crippen LogP contribution >= 0.6 is 0 Å². The summed E-state index contributed by atoms with van der Waals surface area (Å²) < 4.78 is 4.71. The van der Waals surface area contributed by atoms with Gasteiger partial charge in [0.15, 0.2) is 0 Å². The molecule has 1 aliphatic carbocycles. The molecule has 0 aliphatic heterocycles. The lowest BCUT2D eigenvalue weighted by Crippen LogP contribution is -2.39. The molecular weight excluding hydrogens is 356 g/mol. The van der Waals surface area contributed by atoms with Crippen molar-refractivity contribution < 1.29 is 19.1 Å². The van der Waals surface area contributed by atoms with Crippen molar-refractivity contribution in [2.24, 2.45) is 11.8 Å². The maximum Gasteiger partial charge on any atom is 0.337 e. The van der Waals surface area contributed by atoms with Gasteiger partial charge in [-0.3, -0.25) is 9.59 Å². The summed E-state index contributed by atoms with van der Waals surface area (Å²) in [6, 6.07) is 6.74. The van der Waals surface area contributed by atoms with E-state index in [-0.39, 0.29) is 23.7 Å². The molecule has 2 amide bonds. The molecule has 6 nitrogen and oxygen atoms in total. The fourth-order valence-electron chi connectivity index (χ4n) is 3.82. The first kappa shape index (κ1) is 21.9. The maximum atomic E-state index is 12.8. The molecule has 6 heteroatoms. The van der Waals surface area contributed by atoms with E-state index < -0.39 is 5.97 Å². The number of ether oxygens (including phenoxy) is 1. The smallest absolute Gasteiger partial charge is 0.337 e. The molecule has 0 radical (unpaired) electrons. The van der Waals surface area contributed by atoms with Crippen LogP contribution in [-0.2, 0) is 14.3 Å². The van der Waals surface area contributed by atoms with Gasteiger partial charge < -0.3 is 15.0 Å². The zero-order chi connectivity index (χ0) is 20.5. The second kappa shape index (κ2) is 10.8. The van der Waals surface area contributed by atoms with Crippen LogP contribution in [0.4, 0.5) is 5.69 Å². The number of benzene rings is 1. The first-order valence-electron chi connectivity index (χ1n) is 10.3. The molecule has 0 atom stereocenters. The molecule has 1 N–H and O–H groups in total. The van der Waals surface area contributed by atoms with Crippen LogP contribution in [0.2, 0.25) is 0 Å². The van der Waals surface area contributed by atoms with Crippen LogP contribution in [-0.4, -0.2) is 42.9 Å². The summed E-state index contributed by atoms with van der Waals surface area (Å²) in [5.74, 6) is -0.305. The molecule has 1 fully saturated rings. The van der Waals surface area contributed by atoms with Crippen LogP contribution in [0.3, 0.4) is 0 Å². The van der Waals surface area contributed by atoms with Gasteiger partial charge in [-0.25, -0.2) is 4.79 Å². The molecule has 1 aromatic carbocycles. The lowest BCUT2D eigenvalue weighted by atomic mass is 9.80. The molecule has 2 rings (SSSR count). The first-order valence-corrected chi connectivity index (χ1v) is 10.3. The molecular formula is C22H32N2O4. The summed E-state index contributed by atoms with van der Waals surface area (Å²) >= 11 is 0. The van der Waals surface area contributed by atoms with Gasteiger partial charge in [-0.05, 0) is 56.7 Å². The van der Waals surface area contributed by atoms with Crippen LogP contribution in [0.1, 0.15) is 62.7 Å². The fraction of sp³-hybridized carbons (Fsp3) is 0.591. The van der Waals surface area contributed by atoms with Gasteiger partial charge in [-0.15, -0.1) is 0 Å². The molecule has 0 heterocycles. The number of nitrogens with one attached hydrogen (secondary N) is 1. The van der Waals surface area contributed by atoms with Crippen molar-refractivity contribution in [2.75, 3.05) is 25.5 Å². The first-order chi connectivity index (χ1) is 13.5. The number of nitrogens with zero attached hydrogens (tertiary/aromatic N) is 1. The minimum Gasteiger partial charge on any atom is -0.465 e. The number of carbonyl (C=O) groups is 3. The third kappa shape index (κ3) is 5.81. The molecule has 1 saturated carbocycles. The monoisotopic (exact) mass is 388 g/mol. The fourth-order valence-corrected chi connectivity index (χ4v) is 3.82. The van der Waals surface area contributed by atoms with Crippen LogP contribution < -0.4 is 5.32 Å². The summed E-state index contributed by atoms with van der Waals surface area (Å²) in [6.45, 7) is 5.80. The standard InChI is InChI=1S/C22H32N2O4/c1-4-13-24(14-5-2)21(26)17-11-9-16(10-12-17)20(25)23-19-8-6-7-18(15-19)22(27)28-3/h6-8,15-17H,4-5,9-14H2,1-3H3,(H,23,25). The van der Waals surface area contributed by atoms with E-state index in [0.717, 1.165) is 38.8 Å². The highest BCUT2D eigenvalue weighted by atomic mass is 16.5. The van der Waals surface area contributed by atoms with E-state index in [1.165, 1.54) is 7.11 Å². The molecule has 0 aromatic heterocycles. The third-order valence-electron chi connectivity index (χ3n) is 5.30. The lowest BCUT2D eigenvalue weighted by Gasteiger charge is -2.31. The Balaban J connectivity index is 1.89. The average molecular weight is 389 g/mol. The normalized spacial score (nSPS) is 19.0. The topological polar surface area (TPSA) is 75.7 Å². The summed E-state index contributed by atoms with van der Waals surface area (Å²) in [7, 11) is 1.33. The Labute approximate surface area is 167 Å². The predicted molar refractivity (Wildman–Crippen MR) is 109 cm³/mol. The second-order valence-electron chi connectivity index (χ2n) is 7.44. The lowest BCUT2D eigenvalue weighted by molar-refractivity contribution is -0.138. The quantitative estimate of drug-likeness (QED) is 0.686. The minimum atomic E-state index is -0.432. The average Bonchev–Trinajstić information content (AvgIpc) is 2.72. The Morgan fingerprint density at radius 1 is 1.04 bits per heavy atom. The van der Waals surface area contributed by atoms with Gasteiger partial charge in [-0.1, -0.05) is 19.9 Å². The van der Waals surface area contributed by atoms with E-state index in [0.29, 0.717) is 24.1 Å². The SMILES string of the molecule is CCCN(CCC)C(=O)C1CCC(C(=O)Nc2cccc(C(=O)OC)c2)CC1. The minimum absolute atomic E-state index is 0.0322. The van der Waals surface area contributed by atoms with Gasteiger partial charge >= 0.3 is 5.97 Å². The summed E-state index contributed by atoms with van der Waals surface area (Å²) in [5, 5.41) is 2.90. The van der Waals surface area contributed by atoms with Gasteiger partial charge in [0.25, 0.3) is 0 Å². The molecule has 0 saturated heterocycles. The number of carbonyl (C=O) groups excluding carboxylic acids is 3. The summed E-state index contributed by atoms with van der Waals surface area (Å²) in [5.41, 5.74) is 0.990. The number of esters is 1. The number of hydrogen-bond donors (Lipinski definition) is 1. The van der Waals surface area contributed by atoms with Crippen LogP contribution in [0.25, 0.3) is 0 Å². The molecule has 1 aromatic rings. The maximum absolute atomic E-state index is 12.8.